The highest BCUT2D eigenvalue weighted by atomic mass is 16.6. The van der Waals surface area contributed by atoms with E-state index in [2.05, 4.69) is 19.9 Å². The summed E-state index contributed by atoms with van der Waals surface area (Å²) in [6.07, 6.45) is 61.0. The molecule has 1 heterocycles. The minimum absolute atomic E-state index is 0.0255. The maximum atomic E-state index is 12.0. The maximum Gasteiger partial charge on any atom is 0.321 e. The Bertz CT molecular complexity index is 711. The van der Waals surface area contributed by atoms with E-state index in [0.717, 1.165) is 18.6 Å². The molecule has 0 saturated carbocycles. The normalized spacial score (nSPS) is 15.2. The molecule has 2 heteroatoms. The van der Waals surface area contributed by atoms with E-state index in [-0.39, 0.29) is 11.9 Å². The fourth-order valence-corrected chi connectivity index (χ4v) is 8.01. The third-order valence-corrected chi connectivity index (χ3v) is 11.6. The van der Waals surface area contributed by atoms with Gasteiger partial charge >= 0.3 is 5.97 Å². The lowest BCUT2D eigenvalue weighted by molar-refractivity contribution is -0.157. The van der Waals surface area contributed by atoms with Gasteiger partial charge in [-0.25, -0.2) is 0 Å². The Balaban J connectivity index is 1.78. The molecule has 50 heavy (non-hydrogen) atoms. The predicted molar refractivity (Wildman–Crippen MR) is 223 cm³/mol. The maximum absolute atomic E-state index is 12.0. The van der Waals surface area contributed by atoms with Crippen LogP contribution in [0.5, 0.6) is 0 Å². The van der Waals surface area contributed by atoms with Gasteiger partial charge in [-0.2, -0.15) is 0 Å². The lowest BCUT2D eigenvalue weighted by atomic mass is 9.93. The van der Waals surface area contributed by atoms with Crippen LogP contribution in [0, 0.1) is 5.92 Å². The van der Waals surface area contributed by atoms with Gasteiger partial charge in [0.25, 0.3) is 0 Å². The summed E-state index contributed by atoms with van der Waals surface area (Å²) in [7, 11) is 0. The molecule has 0 radical (unpaired) electrons. The van der Waals surface area contributed by atoms with Gasteiger partial charge in [-0.3, -0.25) is 4.79 Å². The first kappa shape index (κ1) is 47.2. The van der Waals surface area contributed by atoms with Crippen molar-refractivity contribution in [2.75, 3.05) is 0 Å². The van der Waals surface area contributed by atoms with Crippen LogP contribution >= 0.6 is 0 Å². The van der Waals surface area contributed by atoms with Crippen LogP contribution in [0.4, 0.5) is 0 Å². The van der Waals surface area contributed by atoms with Gasteiger partial charge in [0.2, 0.25) is 0 Å². The predicted octanol–water partition coefficient (Wildman–Crippen LogP) is 17.5. The average Bonchev–Trinajstić information content (AvgIpc) is 3.12. The second-order valence-corrected chi connectivity index (χ2v) is 16.6. The molecule has 1 fully saturated rings. The van der Waals surface area contributed by atoms with E-state index in [9.17, 15) is 4.79 Å². The number of carbonyl (C=O) groups excluding carboxylic acids is 1. The molecule has 0 aliphatic carbocycles. The summed E-state index contributed by atoms with van der Waals surface area (Å²) in [5.41, 5.74) is 0. The number of hydrogen-bond acceptors (Lipinski definition) is 2. The van der Waals surface area contributed by atoms with Crippen LogP contribution < -0.4 is 0 Å². The van der Waals surface area contributed by atoms with E-state index >= 15 is 0 Å². The standard InChI is InChI=1S/C48H92O2/c1-3-5-7-9-11-13-15-17-19-21-23-25-27-29-31-33-35-37-39-41-43-45-47-46(48(49)50-47)44-42-40-38-36-34-32-30-28-26-24-22-20-18-16-14-12-10-8-6-4-2/h45-46H,3-44H2,1-2H3/b47-45+. The summed E-state index contributed by atoms with van der Waals surface area (Å²) in [5, 5.41) is 0. The van der Waals surface area contributed by atoms with Gasteiger partial charge < -0.3 is 4.74 Å². The van der Waals surface area contributed by atoms with Crippen molar-refractivity contribution in [3.05, 3.63) is 11.8 Å². The Morgan fingerprint density at radius 1 is 0.360 bits per heavy atom. The summed E-state index contributed by atoms with van der Waals surface area (Å²) >= 11 is 0. The quantitative estimate of drug-likeness (QED) is 0.0468. The van der Waals surface area contributed by atoms with Gasteiger partial charge in [-0.1, -0.05) is 264 Å². The number of carbonyl (C=O) groups is 1. The highest BCUT2D eigenvalue weighted by Gasteiger charge is 2.36. The molecular weight excluding hydrogens is 609 g/mol. The first-order valence-corrected chi connectivity index (χ1v) is 23.7. The summed E-state index contributed by atoms with van der Waals surface area (Å²) in [6.45, 7) is 4.60. The van der Waals surface area contributed by atoms with Crippen LogP contribution in [0.3, 0.4) is 0 Å². The third kappa shape index (κ3) is 31.9. The van der Waals surface area contributed by atoms with Crippen molar-refractivity contribution in [1.29, 1.82) is 0 Å². The van der Waals surface area contributed by atoms with Crippen molar-refractivity contribution in [3.63, 3.8) is 0 Å². The van der Waals surface area contributed by atoms with Gasteiger partial charge in [0.15, 0.2) is 0 Å². The minimum atomic E-state index is 0.0255. The van der Waals surface area contributed by atoms with Crippen molar-refractivity contribution in [2.24, 2.45) is 5.92 Å². The number of allylic oxidation sites excluding steroid dienone is 1. The molecular formula is C48H92O2. The molecule has 1 aliphatic heterocycles. The summed E-state index contributed by atoms with van der Waals surface area (Å²) < 4.78 is 5.41. The lowest BCUT2D eigenvalue weighted by Gasteiger charge is -2.28. The molecule has 1 atom stereocenters. The fourth-order valence-electron chi connectivity index (χ4n) is 8.01. The van der Waals surface area contributed by atoms with Crippen molar-refractivity contribution in [1.82, 2.24) is 0 Å². The van der Waals surface area contributed by atoms with E-state index in [4.69, 9.17) is 4.74 Å². The number of esters is 1. The zero-order valence-electron chi connectivity index (χ0n) is 34.7. The monoisotopic (exact) mass is 701 g/mol. The zero-order valence-corrected chi connectivity index (χ0v) is 34.7. The second kappa shape index (κ2) is 39.4. The van der Waals surface area contributed by atoms with Gasteiger partial charge in [-0.05, 0) is 25.3 Å². The van der Waals surface area contributed by atoms with Gasteiger partial charge in [0.1, 0.15) is 11.7 Å². The van der Waals surface area contributed by atoms with Crippen molar-refractivity contribution >= 4 is 5.97 Å². The van der Waals surface area contributed by atoms with Crippen LogP contribution in [-0.2, 0) is 9.53 Å². The highest BCUT2D eigenvalue weighted by Crippen LogP contribution is 2.32. The van der Waals surface area contributed by atoms with Crippen molar-refractivity contribution in [3.8, 4) is 0 Å². The zero-order chi connectivity index (χ0) is 35.8. The van der Waals surface area contributed by atoms with Gasteiger partial charge in [-0.15, -0.1) is 0 Å². The summed E-state index contributed by atoms with van der Waals surface area (Å²) in [4.78, 5) is 12.0. The molecule has 0 N–H and O–H groups in total. The largest absolute Gasteiger partial charge is 0.430 e. The van der Waals surface area contributed by atoms with E-state index in [0.29, 0.717) is 0 Å². The van der Waals surface area contributed by atoms with Crippen LogP contribution in [0.25, 0.3) is 0 Å². The van der Waals surface area contributed by atoms with Crippen LogP contribution in [-0.4, -0.2) is 5.97 Å². The Hall–Kier alpha value is -0.790. The number of rotatable bonds is 42. The molecule has 0 aromatic rings. The topological polar surface area (TPSA) is 26.3 Å². The molecule has 0 aromatic carbocycles. The molecule has 1 aliphatic rings. The van der Waals surface area contributed by atoms with Crippen LogP contribution in [0.15, 0.2) is 11.8 Å². The molecule has 1 saturated heterocycles. The second-order valence-electron chi connectivity index (χ2n) is 16.6. The van der Waals surface area contributed by atoms with E-state index in [1.54, 1.807) is 0 Å². The summed E-state index contributed by atoms with van der Waals surface area (Å²) in [6, 6.07) is 0. The first-order chi connectivity index (χ1) is 24.8. The molecule has 1 unspecified atom stereocenters. The molecule has 0 spiro atoms. The smallest absolute Gasteiger partial charge is 0.321 e. The molecule has 1 rings (SSSR count). The van der Waals surface area contributed by atoms with Crippen molar-refractivity contribution < 1.29 is 9.53 Å². The Morgan fingerprint density at radius 2 is 0.600 bits per heavy atom. The van der Waals surface area contributed by atoms with E-state index in [1.165, 1.54) is 257 Å². The Labute approximate surface area is 315 Å². The van der Waals surface area contributed by atoms with Crippen LogP contribution in [0.2, 0.25) is 0 Å². The highest BCUT2D eigenvalue weighted by molar-refractivity contribution is 5.82. The van der Waals surface area contributed by atoms with Crippen LogP contribution in [0.1, 0.15) is 284 Å². The Morgan fingerprint density at radius 3 is 0.860 bits per heavy atom. The number of unbranched alkanes of at least 4 members (excludes halogenated alkanes) is 39. The number of ether oxygens (including phenoxy) is 1. The SMILES string of the molecule is CCCCCCCCCCCCCCCCCCCCCC/C=C1/OC(=O)C1CCCCCCCCCCCCCCCCCCCCCC. The Kier molecular flexibility index (Phi) is 37.2. The van der Waals surface area contributed by atoms with E-state index in [1.807, 2.05) is 0 Å². The van der Waals surface area contributed by atoms with Gasteiger partial charge in [0, 0.05) is 0 Å². The minimum Gasteiger partial charge on any atom is -0.430 e. The van der Waals surface area contributed by atoms with Crippen molar-refractivity contribution in [2.45, 2.75) is 284 Å². The molecule has 0 bridgehead atoms. The average molecular weight is 701 g/mol. The number of hydrogen-bond donors (Lipinski definition) is 0. The fraction of sp³-hybridized carbons (Fsp3) is 0.938. The molecule has 2 nitrogen and oxygen atoms in total. The number of cyclic esters (lactones) is 1. The van der Waals surface area contributed by atoms with Gasteiger partial charge in [0.05, 0.1) is 0 Å². The molecule has 0 amide bonds. The summed E-state index contributed by atoms with van der Waals surface area (Å²) in [5.74, 6) is 1.10. The third-order valence-electron chi connectivity index (χ3n) is 11.6. The first-order valence-electron chi connectivity index (χ1n) is 23.7. The van der Waals surface area contributed by atoms with E-state index < -0.39 is 0 Å². The molecule has 296 valence electrons. The molecule has 0 aromatic heterocycles. The lowest BCUT2D eigenvalue weighted by Crippen LogP contribution is -2.32.